The maximum atomic E-state index is 12.1. The summed E-state index contributed by atoms with van der Waals surface area (Å²) in [4.78, 5) is 33.3. The standard InChI is InChI=1S/C16H18N4O2/c1-3-12-6-4-5-7-13(12)19-15(21)11-20(2)16(22)14-10-17-8-9-18-14/h4-10H,3,11H2,1-2H3,(H,19,21). The molecular weight excluding hydrogens is 280 g/mol. The number of nitrogens with one attached hydrogen (secondary N) is 1. The van der Waals surface area contributed by atoms with Crippen LogP contribution < -0.4 is 5.32 Å². The van der Waals surface area contributed by atoms with Gasteiger partial charge in [-0.15, -0.1) is 0 Å². The molecule has 22 heavy (non-hydrogen) atoms. The summed E-state index contributed by atoms with van der Waals surface area (Å²) in [6.45, 7) is 1.97. The summed E-state index contributed by atoms with van der Waals surface area (Å²) in [5.74, 6) is -0.590. The molecule has 0 saturated heterocycles. The van der Waals surface area contributed by atoms with Gasteiger partial charge in [-0.25, -0.2) is 4.98 Å². The van der Waals surface area contributed by atoms with E-state index in [4.69, 9.17) is 0 Å². The van der Waals surface area contributed by atoms with E-state index in [1.807, 2.05) is 31.2 Å². The van der Waals surface area contributed by atoms with Crippen LogP contribution in [0.2, 0.25) is 0 Å². The number of amides is 2. The minimum atomic E-state index is -0.341. The van der Waals surface area contributed by atoms with Gasteiger partial charge in [-0.1, -0.05) is 25.1 Å². The van der Waals surface area contributed by atoms with Crippen molar-refractivity contribution >= 4 is 17.5 Å². The molecule has 0 atom stereocenters. The highest BCUT2D eigenvalue weighted by Crippen LogP contribution is 2.15. The van der Waals surface area contributed by atoms with Crippen LogP contribution in [0.5, 0.6) is 0 Å². The smallest absolute Gasteiger partial charge is 0.274 e. The molecule has 2 rings (SSSR count). The van der Waals surface area contributed by atoms with Gasteiger partial charge in [0.15, 0.2) is 0 Å². The number of benzene rings is 1. The fourth-order valence-corrected chi connectivity index (χ4v) is 2.03. The molecule has 1 heterocycles. The van der Waals surface area contributed by atoms with Crippen LogP contribution in [0.4, 0.5) is 5.69 Å². The van der Waals surface area contributed by atoms with E-state index in [0.29, 0.717) is 0 Å². The molecule has 114 valence electrons. The maximum absolute atomic E-state index is 12.1. The van der Waals surface area contributed by atoms with Crippen molar-refractivity contribution in [2.45, 2.75) is 13.3 Å². The van der Waals surface area contributed by atoms with E-state index in [1.54, 1.807) is 7.05 Å². The predicted octanol–water partition coefficient (Wildman–Crippen LogP) is 1.75. The fraction of sp³-hybridized carbons (Fsp3) is 0.250. The van der Waals surface area contributed by atoms with E-state index in [1.165, 1.54) is 23.5 Å². The number of likely N-dealkylation sites (N-methyl/N-ethyl adjacent to an activating group) is 1. The molecule has 1 aromatic heterocycles. The average Bonchev–Trinajstić information content (AvgIpc) is 2.55. The monoisotopic (exact) mass is 298 g/mol. The first-order valence-corrected chi connectivity index (χ1v) is 7.01. The summed E-state index contributed by atoms with van der Waals surface area (Å²) < 4.78 is 0. The van der Waals surface area contributed by atoms with Crippen LogP contribution in [-0.2, 0) is 11.2 Å². The maximum Gasteiger partial charge on any atom is 0.274 e. The summed E-state index contributed by atoms with van der Waals surface area (Å²) in [5.41, 5.74) is 2.04. The summed E-state index contributed by atoms with van der Waals surface area (Å²) in [7, 11) is 1.56. The lowest BCUT2D eigenvalue weighted by Crippen LogP contribution is -2.35. The van der Waals surface area contributed by atoms with Crippen molar-refractivity contribution in [2.24, 2.45) is 0 Å². The summed E-state index contributed by atoms with van der Waals surface area (Å²) >= 11 is 0. The molecule has 0 saturated carbocycles. The third kappa shape index (κ3) is 3.88. The van der Waals surface area contributed by atoms with Crippen molar-refractivity contribution in [2.75, 3.05) is 18.9 Å². The van der Waals surface area contributed by atoms with Gasteiger partial charge in [0.1, 0.15) is 5.69 Å². The molecule has 0 aliphatic rings. The molecule has 6 nitrogen and oxygen atoms in total. The van der Waals surface area contributed by atoms with Crippen LogP contribution in [0.1, 0.15) is 23.0 Å². The van der Waals surface area contributed by atoms with E-state index < -0.39 is 0 Å². The van der Waals surface area contributed by atoms with Gasteiger partial charge >= 0.3 is 0 Å². The van der Waals surface area contributed by atoms with E-state index in [9.17, 15) is 9.59 Å². The molecular formula is C16H18N4O2. The van der Waals surface area contributed by atoms with Gasteiger partial charge in [-0.05, 0) is 18.1 Å². The topological polar surface area (TPSA) is 75.2 Å². The molecule has 2 amide bonds. The van der Waals surface area contributed by atoms with Crippen molar-refractivity contribution < 1.29 is 9.59 Å². The molecule has 0 unspecified atom stereocenters. The molecule has 0 spiro atoms. The van der Waals surface area contributed by atoms with Crippen LogP contribution in [0.3, 0.4) is 0 Å². The molecule has 6 heteroatoms. The van der Waals surface area contributed by atoms with E-state index in [2.05, 4.69) is 15.3 Å². The number of hydrogen-bond acceptors (Lipinski definition) is 4. The number of rotatable bonds is 5. The Morgan fingerprint density at radius 1 is 1.23 bits per heavy atom. The molecule has 1 N–H and O–H groups in total. The highest BCUT2D eigenvalue weighted by atomic mass is 16.2. The second-order valence-corrected chi connectivity index (χ2v) is 4.81. The Balaban J connectivity index is 1.98. The quantitative estimate of drug-likeness (QED) is 0.912. The van der Waals surface area contributed by atoms with Gasteiger partial charge in [0.2, 0.25) is 5.91 Å². The van der Waals surface area contributed by atoms with Gasteiger partial charge in [0.05, 0.1) is 12.7 Å². The number of carbonyl (C=O) groups is 2. The number of anilines is 1. The summed E-state index contributed by atoms with van der Waals surface area (Å²) in [6.07, 6.45) is 5.14. The Hall–Kier alpha value is -2.76. The lowest BCUT2D eigenvalue weighted by Gasteiger charge is -2.17. The number of aromatic nitrogens is 2. The molecule has 2 aromatic rings. The second-order valence-electron chi connectivity index (χ2n) is 4.81. The molecule has 0 aliphatic heterocycles. The van der Waals surface area contributed by atoms with Gasteiger partial charge < -0.3 is 10.2 Å². The largest absolute Gasteiger partial charge is 0.331 e. The molecule has 0 fully saturated rings. The minimum absolute atomic E-state index is 0.0482. The zero-order chi connectivity index (χ0) is 15.9. The van der Waals surface area contributed by atoms with Crippen molar-refractivity contribution in [3.8, 4) is 0 Å². The Kier molecular flexibility index (Phi) is 5.19. The van der Waals surface area contributed by atoms with Gasteiger partial charge in [-0.3, -0.25) is 14.6 Å². The highest BCUT2D eigenvalue weighted by Gasteiger charge is 2.16. The Morgan fingerprint density at radius 2 is 2.00 bits per heavy atom. The highest BCUT2D eigenvalue weighted by molar-refractivity contribution is 5.98. The predicted molar refractivity (Wildman–Crippen MR) is 83.4 cm³/mol. The Bertz CT molecular complexity index is 658. The average molecular weight is 298 g/mol. The van der Waals surface area contributed by atoms with Crippen LogP contribution in [-0.4, -0.2) is 40.3 Å². The lowest BCUT2D eigenvalue weighted by molar-refractivity contribution is -0.116. The van der Waals surface area contributed by atoms with Gasteiger partial charge in [-0.2, -0.15) is 0 Å². The van der Waals surface area contributed by atoms with E-state index in [-0.39, 0.29) is 24.1 Å². The molecule has 0 radical (unpaired) electrons. The Labute approximate surface area is 129 Å². The van der Waals surface area contributed by atoms with E-state index >= 15 is 0 Å². The number of para-hydroxylation sites is 1. The van der Waals surface area contributed by atoms with Crippen LogP contribution in [0, 0.1) is 0 Å². The van der Waals surface area contributed by atoms with Crippen molar-refractivity contribution in [1.82, 2.24) is 14.9 Å². The van der Waals surface area contributed by atoms with Crippen molar-refractivity contribution in [3.63, 3.8) is 0 Å². The van der Waals surface area contributed by atoms with E-state index in [0.717, 1.165) is 17.7 Å². The Morgan fingerprint density at radius 3 is 2.68 bits per heavy atom. The van der Waals surface area contributed by atoms with Crippen molar-refractivity contribution in [3.05, 3.63) is 54.1 Å². The lowest BCUT2D eigenvalue weighted by atomic mass is 10.1. The number of carbonyl (C=O) groups excluding carboxylic acids is 2. The summed E-state index contributed by atoms with van der Waals surface area (Å²) in [6, 6.07) is 7.60. The molecule has 0 aliphatic carbocycles. The first-order chi connectivity index (χ1) is 10.6. The third-order valence-corrected chi connectivity index (χ3v) is 3.18. The second kappa shape index (κ2) is 7.31. The number of hydrogen-bond donors (Lipinski definition) is 1. The molecule has 1 aromatic carbocycles. The summed E-state index contributed by atoms with van der Waals surface area (Å²) in [5, 5.41) is 2.83. The number of nitrogens with zero attached hydrogens (tertiary/aromatic N) is 3. The zero-order valence-corrected chi connectivity index (χ0v) is 12.6. The van der Waals surface area contributed by atoms with Crippen LogP contribution >= 0.6 is 0 Å². The van der Waals surface area contributed by atoms with Gasteiger partial charge in [0, 0.05) is 25.1 Å². The van der Waals surface area contributed by atoms with Gasteiger partial charge in [0.25, 0.3) is 5.91 Å². The molecule has 0 bridgehead atoms. The SMILES string of the molecule is CCc1ccccc1NC(=O)CN(C)C(=O)c1cnccn1. The number of aryl methyl sites for hydroxylation is 1. The first-order valence-electron chi connectivity index (χ1n) is 7.01. The van der Waals surface area contributed by atoms with Crippen LogP contribution in [0.25, 0.3) is 0 Å². The minimum Gasteiger partial charge on any atom is -0.331 e. The first kappa shape index (κ1) is 15.6. The van der Waals surface area contributed by atoms with Crippen LogP contribution in [0.15, 0.2) is 42.9 Å². The normalized spacial score (nSPS) is 10.1. The fourth-order valence-electron chi connectivity index (χ4n) is 2.03. The third-order valence-electron chi connectivity index (χ3n) is 3.18. The van der Waals surface area contributed by atoms with Crippen molar-refractivity contribution in [1.29, 1.82) is 0 Å². The zero-order valence-electron chi connectivity index (χ0n) is 12.6.